The van der Waals surface area contributed by atoms with Gasteiger partial charge in [0.2, 0.25) is 0 Å². The van der Waals surface area contributed by atoms with Gasteiger partial charge >= 0.3 is 0 Å². The van der Waals surface area contributed by atoms with E-state index < -0.39 is 0 Å². The first kappa shape index (κ1) is 19.3. The third-order valence-electron chi connectivity index (χ3n) is 7.56. The molecule has 5 aromatic carbocycles. The Morgan fingerprint density at radius 2 is 0.971 bits per heavy atom. The van der Waals surface area contributed by atoms with E-state index in [1.807, 2.05) is 30.3 Å². The van der Waals surface area contributed by atoms with Gasteiger partial charge in [0.25, 0.3) is 0 Å². The Morgan fingerprint density at radius 3 is 1.53 bits per heavy atom. The van der Waals surface area contributed by atoms with Crippen LogP contribution in [0.1, 0.15) is 33.4 Å². The van der Waals surface area contributed by atoms with Crippen molar-refractivity contribution in [3.63, 3.8) is 0 Å². The number of fused-ring (bicyclic) bond motifs is 10. The molecule has 5 aromatic rings. The van der Waals surface area contributed by atoms with Crippen molar-refractivity contribution in [1.29, 1.82) is 5.41 Å². The third-order valence-corrected chi connectivity index (χ3v) is 7.56. The first-order valence-electron chi connectivity index (χ1n) is 11.8. The van der Waals surface area contributed by atoms with Gasteiger partial charge in [-0.2, -0.15) is 0 Å². The van der Waals surface area contributed by atoms with Crippen molar-refractivity contribution in [2.75, 3.05) is 0 Å². The maximum atomic E-state index is 8.73. The zero-order valence-electron chi connectivity index (χ0n) is 18.8. The molecule has 1 spiro atoms. The average Bonchev–Trinajstić information content (AvgIpc) is 3.36. The topological polar surface area (TPSA) is 23.9 Å². The molecular formula is C33H23N. The molecule has 0 fully saturated rings. The van der Waals surface area contributed by atoms with Crippen molar-refractivity contribution in [3.8, 4) is 22.3 Å². The number of hydrogen-bond acceptors (Lipinski definition) is 1. The SMILES string of the molecule is N=C(Cc1ccc2c(c1)C1(c3ccccc3-c3ccccc31)c1ccccc1-2)c1ccccc1. The van der Waals surface area contributed by atoms with Crippen LogP contribution in [0.4, 0.5) is 0 Å². The molecule has 0 heterocycles. The number of benzene rings is 5. The Bertz CT molecular complexity index is 1530. The van der Waals surface area contributed by atoms with Crippen molar-refractivity contribution in [2.45, 2.75) is 11.8 Å². The van der Waals surface area contributed by atoms with Crippen LogP contribution in [0, 0.1) is 5.41 Å². The van der Waals surface area contributed by atoms with Crippen LogP contribution >= 0.6 is 0 Å². The molecule has 0 atom stereocenters. The Morgan fingerprint density at radius 1 is 0.500 bits per heavy atom. The van der Waals surface area contributed by atoms with E-state index in [-0.39, 0.29) is 5.41 Å². The van der Waals surface area contributed by atoms with E-state index in [0.717, 1.165) is 5.56 Å². The standard InChI is InChI=1S/C33H23N/c34-32(23-10-2-1-3-11-23)21-22-18-19-27-26-14-6-9-17-30(26)33(31(27)20-22)28-15-7-4-12-24(28)25-13-5-8-16-29(25)33/h1-20,34H,21H2. The van der Waals surface area contributed by atoms with E-state index in [4.69, 9.17) is 5.41 Å². The van der Waals surface area contributed by atoms with E-state index in [2.05, 4.69) is 91.0 Å². The van der Waals surface area contributed by atoms with Gasteiger partial charge in [-0.1, -0.05) is 121 Å². The second-order valence-electron chi connectivity index (χ2n) is 9.29. The largest absolute Gasteiger partial charge is 0.304 e. The highest BCUT2D eigenvalue weighted by atomic mass is 14.5. The Kier molecular flexibility index (Phi) is 4.04. The van der Waals surface area contributed by atoms with Crippen LogP contribution in [0.15, 0.2) is 121 Å². The van der Waals surface area contributed by atoms with Crippen molar-refractivity contribution in [2.24, 2.45) is 0 Å². The van der Waals surface area contributed by atoms with Gasteiger partial charge in [-0.3, -0.25) is 0 Å². The van der Waals surface area contributed by atoms with E-state index in [1.54, 1.807) is 0 Å². The molecule has 1 nitrogen and oxygen atoms in total. The lowest BCUT2D eigenvalue weighted by molar-refractivity contribution is 0.792. The van der Waals surface area contributed by atoms with E-state index >= 15 is 0 Å². The van der Waals surface area contributed by atoms with Gasteiger partial charge in [-0.05, 0) is 55.6 Å². The lowest BCUT2D eigenvalue weighted by atomic mass is 9.70. The van der Waals surface area contributed by atoms with Crippen LogP contribution in [0.2, 0.25) is 0 Å². The summed E-state index contributed by atoms with van der Waals surface area (Å²) < 4.78 is 0. The predicted molar refractivity (Wildman–Crippen MR) is 140 cm³/mol. The van der Waals surface area contributed by atoms with Gasteiger partial charge in [0.05, 0.1) is 5.41 Å². The van der Waals surface area contributed by atoms with Gasteiger partial charge in [-0.15, -0.1) is 0 Å². The molecule has 0 bridgehead atoms. The van der Waals surface area contributed by atoms with E-state index in [0.29, 0.717) is 12.1 Å². The van der Waals surface area contributed by atoms with Crippen LogP contribution in [0.3, 0.4) is 0 Å². The molecule has 1 N–H and O–H groups in total. The molecule has 7 rings (SSSR count). The highest BCUT2D eigenvalue weighted by Crippen LogP contribution is 2.62. The summed E-state index contributed by atoms with van der Waals surface area (Å²) in [6, 6.07) is 43.6. The zero-order valence-corrected chi connectivity index (χ0v) is 18.8. The Labute approximate surface area is 199 Å². The summed E-state index contributed by atoms with van der Waals surface area (Å²) in [4.78, 5) is 0. The Hall–Kier alpha value is -4.23. The smallest absolute Gasteiger partial charge is 0.0725 e. The summed E-state index contributed by atoms with van der Waals surface area (Å²) in [7, 11) is 0. The van der Waals surface area contributed by atoms with Crippen LogP contribution < -0.4 is 0 Å². The van der Waals surface area contributed by atoms with Gasteiger partial charge < -0.3 is 5.41 Å². The summed E-state index contributed by atoms with van der Waals surface area (Å²) >= 11 is 0. The van der Waals surface area contributed by atoms with Crippen molar-refractivity contribution in [1.82, 2.24) is 0 Å². The fourth-order valence-electron chi connectivity index (χ4n) is 6.20. The van der Waals surface area contributed by atoms with Gasteiger partial charge in [-0.25, -0.2) is 0 Å². The molecule has 0 aromatic heterocycles. The minimum Gasteiger partial charge on any atom is -0.304 e. The summed E-state index contributed by atoms with van der Waals surface area (Å²) in [6.07, 6.45) is 0.618. The summed E-state index contributed by atoms with van der Waals surface area (Å²) in [5.74, 6) is 0. The maximum absolute atomic E-state index is 8.73. The predicted octanol–water partition coefficient (Wildman–Crippen LogP) is 7.64. The number of rotatable bonds is 3. The molecule has 0 saturated carbocycles. The molecule has 2 aliphatic rings. The van der Waals surface area contributed by atoms with E-state index in [9.17, 15) is 0 Å². The van der Waals surface area contributed by atoms with Crippen molar-refractivity contribution >= 4 is 5.71 Å². The molecule has 0 aliphatic heterocycles. The first-order valence-corrected chi connectivity index (χ1v) is 11.8. The number of nitrogens with one attached hydrogen (secondary N) is 1. The fraction of sp³-hybridized carbons (Fsp3) is 0.0606. The van der Waals surface area contributed by atoms with E-state index in [1.165, 1.54) is 50.1 Å². The molecule has 0 radical (unpaired) electrons. The molecule has 160 valence electrons. The maximum Gasteiger partial charge on any atom is 0.0725 e. The second-order valence-corrected chi connectivity index (χ2v) is 9.29. The number of hydrogen-bond donors (Lipinski definition) is 1. The Balaban J connectivity index is 1.48. The lowest BCUT2D eigenvalue weighted by Crippen LogP contribution is -2.26. The quantitative estimate of drug-likeness (QED) is 0.277. The lowest BCUT2D eigenvalue weighted by Gasteiger charge is -2.30. The van der Waals surface area contributed by atoms with Crippen LogP contribution in [-0.4, -0.2) is 5.71 Å². The van der Waals surface area contributed by atoms with Crippen LogP contribution in [0.25, 0.3) is 22.3 Å². The molecule has 34 heavy (non-hydrogen) atoms. The van der Waals surface area contributed by atoms with Gasteiger partial charge in [0, 0.05) is 12.1 Å². The van der Waals surface area contributed by atoms with Crippen molar-refractivity contribution in [3.05, 3.63) is 155 Å². The fourth-order valence-corrected chi connectivity index (χ4v) is 6.20. The molecule has 0 saturated heterocycles. The molecule has 2 aliphatic carbocycles. The minimum atomic E-state index is -0.315. The average molecular weight is 434 g/mol. The first-order chi connectivity index (χ1) is 16.8. The molecule has 0 unspecified atom stereocenters. The minimum absolute atomic E-state index is 0.315. The monoisotopic (exact) mass is 433 g/mol. The highest BCUT2D eigenvalue weighted by molar-refractivity contribution is 6.00. The summed E-state index contributed by atoms with van der Waals surface area (Å²) in [6.45, 7) is 0. The van der Waals surface area contributed by atoms with Gasteiger partial charge in [0.15, 0.2) is 0 Å². The van der Waals surface area contributed by atoms with Crippen LogP contribution in [0.5, 0.6) is 0 Å². The van der Waals surface area contributed by atoms with Gasteiger partial charge in [0.1, 0.15) is 0 Å². The zero-order chi connectivity index (χ0) is 22.7. The molecule has 1 heteroatoms. The third kappa shape index (κ3) is 2.47. The second kappa shape index (κ2) is 7.13. The highest BCUT2D eigenvalue weighted by Gasteiger charge is 2.51. The molecule has 0 amide bonds. The summed E-state index contributed by atoms with van der Waals surface area (Å²) in [5.41, 5.74) is 13.2. The van der Waals surface area contributed by atoms with Crippen molar-refractivity contribution < 1.29 is 0 Å². The molecular weight excluding hydrogens is 410 g/mol. The van der Waals surface area contributed by atoms with Crippen LogP contribution in [-0.2, 0) is 11.8 Å². The normalized spacial score (nSPS) is 13.8. The summed E-state index contributed by atoms with van der Waals surface area (Å²) in [5, 5.41) is 8.73.